The quantitative estimate of drug-likeness (QED) is 0.665. The minimum absolute atomic E-state index is 0.158. The van der Waals surface area contributed by atoms with Crippen molar-refractivity contribution in [2.45, 2.75) is 71.8 Å². The monoisotopic (exact) mass is 288 g/mol. The second-order valence-corrected chi connectivity index (χ2v) is 8.89. The van der Waals surface area contributed by atoms with Crippen LogP contribution in [-0.4, -0.2) is 11.2 Å². The van der Waals surface area contributed by atoms with Crippen LogP contribution in [0.15, 0.2) is 24.8 Å². The van der Waals surface area contributed by atoms with Crippen LogP contribution in [-0.2, 0) is 0 Å². The van der Waals surface area contributed by atoms with Crippen molar-refractivity contribution in [3.63, 3.8) is 0 Å². The highest BCUT2D eigenvalue weighted by atomic mass is 16.3. The average Bonchev–Trinajstić information content (AvgIpc) is 2.46. The van der Waals surface area contributed by atoms with Crippen LogP contribution in [0, 0.1) is 28.1 Å². The maximum atomic E-state index is 10.3. The van der Waals surface area contributed by atoms with Gasteiger partial charge in [-0.15, -0.1) is 6.58 Å². The standard InChI is InChI=1S/C20H32O/c1-6-18(3)11-12-20(5)15(13-18)9-10-19(4)14(2)16(21)7-8-17(19)20/h6,15-17,21H,1-2,7-13H2,3-5H3. The van der Waals surface area contributed by atoms with E-state index in [1.807, 2.05) is 0 Å². The first kappa shape index (κ1) is 15.3. The van der Waals surface area contributed by atoms with Crippen LogP contribution in [0.3, 0.4) is 0 Å². The summed E-state index contributed by atoms with van der Waals surface area (Å²) in [6, 6.07) is 0. The molecule has 0 aromatic carbocycles. The van der Waals surface area contributed by atoms with Gasteiger partial charge in [0.25, 0.3) is 0 Å². The maximum Gasteiger partial charge on any atom is 0.0753 e. The summed E-state index contributed by atoms with van der Waals surface area (Å²) in [7, 11) is 0. The van der Waals surface area contributed by atoms with Crippen LogP contribution in [0.4, 0.5) is 0 Å². The average molecular weight is 288 g/mol. The van der Waals surface area contributed by atoms with E-state index in [2.05, 4.69) is 40.0 Å². The van der Waals surface area contributed by atoms with E-state index in [0.29, 0.717) is 16.7 Å². The van der Waals surface area contributed by atoms with Gasteiger partial charge in [0.2, 0.25) is 0 Å². The van der Waals surface area contributed by atoms with E-state index in [1.54, 1.807) is 0 Å². The lowest BCUT2D eigenvalue weighted by molar-refractivity contribution is -0.110. The van der Waals surface area contributed by atoms with Crippen molar-refractivity contribution >= 4 is 0 Å². The van der Waals surface area contributed by atoms with Crippen molar-refractivity contribution in [3.05, 3.63) is 24.8 Å². The Kier molecular flexibility index (Phi) is 3.44. The molecule has 0 heterocycles. The molecule has 0 radical (unpaired) electrons. The molecule has 3 fully saturated rings. The fraction of sp³-hybridized carbons (Fsp3) is 0.800. The van der Waals surface area contributed by atoms with E-state index in [0.717, 1.165) is 17.9 Å². The third-order valence-corrected chi connectivity index (χ3v) is 7.81. The van der Waals surface area contributed by atoms with Gasteiger partial charge in [-0.1, -0.05) is 33.4 Å². The highest BCUT2D eigenvalue weighted by Crippen LogP contribution is 2.66. The van der Waals surface area contributed by atoms with Crippen molar-refractivity contribution in [1.82, 2.24) is 0 Å². The van der Waals surface area contributed by atoms with Crippen LogP contribution in [0.25, 0.3) is 0 Å². The summed E-state index contributed by atoms with van der Waals surface area (Å²) in [6.45, 7) is 15.7. The molecule has 6 atom stereocenters. The first-order chi connectivity index (χ1) is 9.75. The molecule has 118 valence electrons. The van der Waals surface area contributed by atoms with Gasteiger partial charge in [0, 0.05) is 0 Å². The lowest BCUT2D eigenvalue weighted by Gasteiger charge is -2.63. The molecule has 0 amide bonds. The second-order valence-electron chi connectivity index (χ2n) is 8.89. The number of hydrogen-bond donors (Lipinski definition) is 1. The van der Waals surface area contributed by atoms with Gasteiger partial charge in [-0.25, -0.2) is 0 Å². The van der Waals surface area contributed by atoms with Gasteiger partial charge in [0.1, 0.15) is 0 Å². The fourth-order valence-electron chi connectivity index (χ4n) is 6.02. The summed E-state index contributed by atoms with van der Waals surface area (Å²) < 4.78 is 0. The van der Waals surface area contributed by atoms with Gasteiger partial charge < -0.3 is 5.11 Å². The van der Waals surface area contributed by atoms with Crippen LogP contribution >= 0.6 is 0 Å². The van der Waals surface area contributed by atoms with Crippen LogP contribution in [0.5, 0.6) is 0 Å². The zero-order valence-electron chi connectivity index (χ0n) is 14.1. The van der Waals surface area contributed by atoms with Crippen molar-refractivity contribution in [2.75, 3.05) is 0 Å². The third-order valence-electron chi connectivity index (χ3n) is 7.81. The number of aliphatic hydroxyl groups is 1. The predicted octanol–water partition coefficient (Wildman–Crippen LogP) is 5.11. The van der Waals surface area contributed by atoms with Crippen molar-refractivity contribution < 1.29 is 5.11 Å². The van der Waals surface area contributed by atoms with Gasteiger partial charge in [0.05, 0.1) is 6.10 Å². The van der Waals surface area contributed by atoms with Crippen LogP contribution < -0.4 is 0 Å². The summed E-state index contributed by atoms with van der Waals surface area (Å²) in [4.78, 5) is 0. The molecule has 21 heavy (non-hydrogen) atoms. The molecule has 0 aromatic rings. The highest BCUT2D eigenvalue weighted by molar-refractivity contribution is 5.24. The summed E-state index contributed by atoms with van der Waals surface area (Å²) >= 11 is 0. The molecule has 0 bridgehead atoms. The lowest BCUT2D eigenvalue weighted by Crippen LogP contribution is -2.55. The minimum atomic E-state index is -0.270. The first-order valence-corrected chi connectivity index (χ1v) is 8.76. The van der Waals surface area contributed by atoms with E-state index in [1.165, 1.54) is 38.5 Å². The number of rotatable bonds is 1. The topological polar surface area (TPSA) is 20.2 Å². The van der Waals surface area contributed by atoms with Gasteiger partial charge >= 0.3 is 0 Å². The smallest absolute Gasteiger partial charge is 0.0753 e. The van der Waals surface area contributed by atoms with Crippen molar-refractivity contribution in [1.29, 1.82) is 0 Å². The second kappa shape index (κ2) is 4.72. The molecule has 1 nitrogen and oxygen atoms in total. The molecular formula is C20H32O. The molecule has 3 saturated carbocycles. The number of aliphatic hydroxyl groups excluding tert-OH is 1. The Labute approximate surface area is 130 Å². The molecule has 1 heteroatoms. The normalized spacial score (nSPS) is 53.7. The molecular weight excluding hydrogens is 256 g/mol. The van der Waals surface area contributed by atoms with Crippen LogP contribution in [0.1, 0.15) is 65.7 Å². The van der Waals surface area contributed by atoms with Gasteiger partial charge in [-0.05, 0) is 78.6 Å². The van der Waals surface area contributed by atoms with Gasteiger partial charge in [-0.2, -0.15) is 0 Å². The summed E-state index contributed by atoms with van der Waals surface area (Å²) in [5, 5.41) is 10.3. The molecule has 0 saturated heterocycles. The number of hydrogen-bond acceptors (Lipinski definition) is 1. The van der Waals surface area contributed by atoms with E-state index in [9.17, 15) is 5.11 Å². The SMILES string of the molecule is C=CC1(C)CCC2(C)C(CCC3(C)C(=C)C(O)CCC32)C1. The van der Waals surface area contributed by atoms with Crippen LogP contribution in [0.2, 0.25) is 0 Å². The molecule has 3 aliphatic rings. The molecule has 6 unspecified atom stereocenters. The van der Waals surface area contributed by atoms with Crippen molar-refractivity contribution in [3.8, 4) is 0 Å². The Morgan fingerprint density at radius 1 is 1.10 bits per heavy atom. The molecule has 0 spiro atoms. The Hall–Kier alpha value is -0.560. The zero-order chi connectivity index (χ0) is 15.5. The molecule has 0 aliphatic heterocycles. The zero-order valence-corrected chi connectivity index (χ0v) is 14.1. The lowest BCUT2D eigenvalue weighted by atomic mass is 9.42. The van der Waals surface area contributed by atoms with Gasteiger partial charge in [0.15, 0.2) is 0 Å². The Bertz CT molecular complexity index is 466. The Morgan fingerprint density at radius 2 is 1.81 bits per heavy atom. The maximum absolute atomic E-state index is 10.3. The Balaban J connectivity index is 1.93. The van der Waals surface area contributed by atoms with E-state index < -0.39 is 0 Å². The van der Waals surface area contributed by atoms with Gasteiger partial charge in [-0.3, -0.25) is 0 Å². The molecule has 3 aliphatic carbocycles. The highest BCUT2D eigenvalue weighted by Gasteiger charge is 2.58. The molecule has 0 aromatic heterocycles. The summed E-state index contributed by atoms with van der Waals surface area (Å²) in [6.07, 6.45) is 10.4. The first-order valence-electron chi connectivity index (χ1n) is 8.76. The van der Waals surface area contributed by atoms with E-state index >= 15 is 0 Å². The largest absolute Gasteiger partial charge is 0.389 e. The fourth-order valence-corrected chi connectivity index (χ4v) is 6.02. The predicted molar refractivity (Wildman–Crippen MR) is 89.0 cm³/mol. The van der Waals surface area contributed by atoms with E-state index in [4.69, 9.17) is 0 Å². The molecule has 1 N–H and O–H groups in total. The molecule has 3 rings (SSSR count). The summed E-state index contributed by atoms with van der Waals surface area (Å²) in [5.41, 5.74) is 2.04. The minimum Gasteiger partial charge on any atom is -0.389 e. The van der Waals surface area contributed by atoms with E-state index in [-0.39, 0.29) is 11.5 Å². The number of fused-ring (bicyclic) bond motifs is 3. The third kappa shape index (κ3) is 2.07. The summed E-state index contributed by atoms with van der Waals surface area (Å²) in [5.74, 6) is 1.52. The Morgan fingerprint density at radius 3 is 2.48 bits per heavy atom. The number of allylic oxidation sites excluding steroid dienone is 1. The van der Waals surface area contributed by atoms with Crippen molar-refractivity contribution in [2.24, 2.45) is 28.1 Å².